The lowest BCUT2D eigenvalue weighted by atomic mass is 10.1. The van der Waals surface area contributed by atoms with Gasteiger partial charge in [-0.2, -0.15) is 10.2 Å². The minimum Gasteiger partial charge on any atom is -0.339 e. The molecule has 1 aromatic heterocycles. The molecule has 1 aromatic rings. The van der Waals surface area contributed by atoms with Gasteiger partial charge in [-0.25, -0.2) is 0 Å². The Balaban J connectivity index is 2.19. The predicted octanol–water partition coefficient (Wildman–Crippen LogP) is 2.85. The highest BCUT2D eigenvalue weighted by molar-refractivity contribution is 5.26. The van der Waals surface area contributed by atoms with Crippen molar-refractivity contribution < 1.29 is 4.52 Å². The maximum absolute atomic E-state index is 9.00. The second kappa shape index (κ2) is 3.58. The molecule has 0 saturated heterocycles. The molecule has 4 heteroatoms. The molecule has 1 saturated carbocycles. The topological polar surface area (TPSA) is 62.7 Å². The van der Waals surface area contributed by atoms with E-state index in [9.17, 15) is 0 Å². The van der Waals surface area contributed by atoms with E-state index in [0.29, 0.717) is 11.8 Å². The summed E-state index contributed by atoms with van der Waals surface area (Å²) in [6.45, 7) is 8.31. The normalized spacial score (nSPS) is 28.4. The van der Waals surface area contributed by atoms with E-state index in [-0.39, 0.29) is 17.3 Å². The standard InChI is InChI=1S/C12H17N3O/c1-5-7(2)10-14-11(16-15-10)9-8(6-13)12(9,3)4/h7-9H,5H2,1-4H3. The van der Waals surface area contributed by atoms with Crippen LogP contribution in [0.25, 0.3) is 0 Å². The van der Waals surface area contributed by atoms with Crippen LogP contribution >= 0.6 is 0 Å². The quantitative estimate of drug-likeness (QED) is 0.784. The first kappa shape index (κ1) is 11.1. The Hall–Kier alpha value is -1.37. The largest absolute Gasteiger partial charge is 0.339 e. The van der Waals surface area contributed by atoms with Crippen LogP contribution in [-0.2, 0) is 0 Å². The van der Waals surface area contributed by atoms with E-state index >= 15 is 0 Å². The first-order chi connectivity index (χ1) is 7.52. The van der Waals surface area contributed by atoms with Crippen molar-refractivity contribution in [3.63, 3.8) is 0 Å². The van der Waals surface area contributed by atoms with Gasteiger partial charge in [0, 0.05) is 5.92 Å². The van der Waals surface area contributed by atoms with Crippen molar-refractivity contribution in [3.05, 3.63) is 11.7 Å². The molecular weight excluding hydrogens is 202 g/mol. The van der Waals surface area contributed by atoms with Crippen LogP contribution < -0.4 is 0 Å². The zero-order valence-corrected chi connectivity index (χ0v) is 10.2. The summed E-state index contributed by atoms with van der Waals surface area (Å²) in [5.41, 5.74) is -0.0198. The number of rotatable bonds is 3. The summed E-state index contributed by atoms with van der Waals surface area (Å²) < 4.78 is 5.27. The molecule has 0 amide bonds. The van der Waals surface area contributed by atoms with Gasteiger partial charge in [0.15, 0.2) is 5.82 Å². The average Bonchev–Trinajstić information content (AvgIpc) is 2.67. The van der Waals surface area contributed by atoms with Gasteiger partial charge in [-0.15, -0.1) is 0 Å². The molecule has 16 heavy (non-hydrogen) atoms. The number of hydrogen-bond acceptors (Lipinski definition) is 4. The molecule has 1 aliphatic carbocycles. The van der Waals surface area contributed by atoms with Crippen LogP contribution in [0.4, 0.5) is 0 Å². The first-order valence-corrected chi connectivity index (χ1v) is 5.75. The van der Waals surface area contributed by atoms with E-state index in [2.05, 4.69) is 43.9 Å². The summed E-state index contributed by atoms with van der Waals surface area (Å²) in [4.78, 5) is 4.41. The molecule has 0 spiro atoms. The third-order valence-corrected chi connectivity index (χ3v) is 3.74. The van der Waals surface area contributed by atoms with Gasteiger partial charge in [0.1, 0.15) is 0 Å². The van der Waals surface area contributed by atoms with E-state index < -0.39 is 0 Å². The lowest BCUT2D eigenvalue weighted by molar-refractivity contribution is 0.360. The fraction of sp³-hybridized carbons (Fsp3) is 0.750. The summed E-state index contributed by atoms with van der Waals surface area (Å²) in [7, 11) is 0. The third-order valence-electron chi connectivity index (χ3n) is 3.74. The van der Waals surface area contributed by atoms with E-state index in [1.807, 2.05) is 0 Å². The highest BCUT2D eigenvalue weighted by Gasteiger charge is 2.62. The van der Waals surface area contributed by atoms with Crippen molar-refractivity contribution in [2.24, 2.45) is 11.3 Å². The van der Waals surface area contributed by atoms with E-state index in [1.54, 1.807) is 0 Å². The highest BCUT2D eigenvalue weighted by Crippen LogP contribution is 2.63. The van der Waals surface area contributed by atoms with Gasteiger partial charge < -0.3 is 4.52 Å². The van der Waals surface area contributed by atoms with Crippen molar-refractivity contribution in [3.8, 4) is 6.07 Å². The van der Waals surface area contributed by atoms with Crippen LogP contribution in [0.15, 0.2) is 4.52 Å². The molecule has 4 nitrogen and oxygen atoms in total. The Bertz CT molecular complexity index is 430. The summed E-state index contributed by atoms with van der Waals surface area (Å²) in [6, 6.07) is 2.30. The summed E-state index contributed by atoms with van der Waals surface area (Å²) in [5.74, 6) is 1.84. The molecule has 1 heterocycles. The SMILES string of the molecule is CCC(C)c1noc(C2C(C#N)C2(C)C)n1. The van der Waals surface area contributed by atoms with Gasteiger partial charge in [-0.3, -0.25) is 0 Å². The lowest BCUT2D eigenvalue weighted by Gasteiger charge is -1.99. The molecule has 3 atom stereocenters. The molecule has 1 aliphatic rings. The van der Waals surface area contributed by atoms with Crippen LogP contribution in [0.5, 0.6) is 0 Å². The molecule has 0 radical (unpaired) electrons. The van der Waals surface area contributed by atoms with Crippen LogP contribution in [0.1, 0.15) is 57.7 Å². The Morgan fingerprint density at radius 3 is 2.75 bits per heavy atom. The van der Waals surface area contributed by atoms with Crippen LogP contribution in [0.3, 0.4) is 0 Å². The minimum atomic E-state index is -0.0198. The minimum absolute atomic E-state index is 0.0118. The Labute approximate surface area is 95.7 Å². The highest BCUT2D eigenvalue weighted by atomic mass is 16.5. The molecule has 3 unspecified atom stereocenters. The Morgan fingerprint density at radius 2 is 2.25 bits per heavy atom. The van der Waals surface area contributed by atoms with Gasteiger partial charge in [0.2, 0.25) is 5.89 Å². The van der Waals surface area contributed by atoms with Gasteiger partial charge in [-0.05, 0) is 11.8 Å². The van der Waals surface area contributed by atoms with E-state index in [0.717, 1.165) is 12.2 Å². The van der Waals surface area contributed by atoms with Gasteiger partial charge in [0.25, 0.3) is 0 Å². The summed E-state index contributed by atoms with van der Waals surface area (Å²) in [6.07, 6.45) is 0.995. The zero-order chi connectivity index (χ0) is 11.9. The molecule has 86 valence electrons. The van der Waals surface area contributed by atoms with Crippen LogP contribution in [0.2, 0.25) is 0 Å². The Morgan fingerprint density at radius 1 is 1.56 bits per heavy atom. The van der Waals surface area contributed by atoms with Crippen LogP contribution in [0, 0.1) is 22.7 Å². The molecule has 0 N–H and O–H groups in total. The smallest absolute Gasteiger partial charge is 0.231 e. The Kier molecular flexibility index (Phi) is 2.49. The predicted molar refractivity (Wildman–Crippen MR) is 58.6 cm³/mol. The average molecular weight is 219 g/mol. The molecule has 0 aliphatic heterocycles. The monoisotopic (exact) mass is 219 g/mol. The van der Waals surface area contributed by atoms with E-state index in [4.69, 9.17) is 9.78 Å². The fourth-order valence-electron chi connectivity index (χ4n) is 2.10. The molecule has 0 bridgehead atoms. The third kappa shape index (κ3) is 1.51. The van der Waals surface area contributed by atoms with Crippen molar-refractivity contribution in [1.29, 1.82) is 5.26 Å². The van der Waals surface area contributed by atoms with Gasteiger partial charge in [-0.1, -0.05) is 32.9 Å². The van der Waals surface area contributed by atoms with Gasteiger partial charge in [0.05, 0.1) is 17.9 Å². The second-order valence-corrected chi connectivity index (χ2v) is 5.21. The van der Waals surface area contributed by atoms with E-state index in [1.165, 1.54) is 0 Å². The first-order valence-electron chi connectivity index (χ1n) is 5.75. The van der Waals surface area contributed by atoms with Crippen LogP contribution in [-0.4, -0.2) is 10.1 Å². The molecule has 0 aromatic carbocycles. The molecular formula is C12H17N3O. The van der Waals surface area contributed by atoms with Crippen molar-refractivity contribution in [2.45, 2.75) is 46.0 Å². The number of nitrogens with zero attached hydrogens (tertiary/aromatic N) is 3. The van der Waals surface area contributed by atoms with Crippen molar-refractivity contribution in [2.75, 3.05) is 0 Å². The zero-order valence-electron chi connectivity index (χ0n) is 10.2. The lowest BCUT2D eigenvalue weighted by Crippen LogP contribution is -1.95. The van der Waals surface area contributed by atoms with Gasteiger partial charge >= 0.3 is 0 Å². The van der Waals surface area contributed by atoms with Crippen molar-refractivity contribution >= 4 is 0 Å². The fourth-order valence-corrected chi connectivity index (χ4v) is 2.10. The number of nitriles is 1. The number of hydrogen-bond donors (Lipinski definition) is 0. The molecule has 2 rings (SSSR count). The number of aromatic nitrogens is 2. The second-order valence-electron chi connectivity index (χ2n) is 5.21. The van der Waals surface area contributed by atoms with Crippen molar-refractivity contribution in [1.82, 2.24) is 10.1 Å². The maximum atomic E-state index is 9.00. The molecule has 1 fully saturated rings. The summed E-state index contributed by atoms with van der Waals surface area (Å²) >= 11 is 0. The maximum Gasteiger partial charge on any atom is 0.231 e. The summed E-state index contributed by atoms with van der Waals surface area (Å²) in [5, 5.41) is 13.0.